The van der Waals surface area contributed by atoms with Crippen molar-refractivity contribution in [1.29, 1.82) is 0 Å². The molecule has 0 radical (unpaired) electrons. The lowest BCUT2D eigenvalue weighted by molar-refractivity contribution is -0.230. The van der Waals surface area contributed by atoms with Crippen LogP contribution in [-0.4, -0.2) is 145 Å². The Morgan fingerprint density at radius 3 is 1.66 bits per heavy atom. The summed E-state index contributed by atoms with van der Waals surface area (Å²) >= 11 is 0. The van der Waals surface area contributed by atoms with Gasteiger partial charge in [-0.2, -0.15) is 0 Å². The molecule has 1 rings (SSSR count). The highest BCUT2D eigenvalue weighted by Crippen LogP contribution is 2.35. The summed E-state index contributed by atoms with van der Waals surface area (Å²) in [6.45, 7) is 4.57. The molecule has 16 heteroatoms. The molecule has 1 heterocycles. The molecule has 1 fully saturated rings. The monoisotopic (exact) mass is 882 g/mol. The van der Waals surface area contributed by atoms with Crippen LogP contribution in [0.3, 0.4) is 0 Å². The van der Waals surface area contributed by atoms with Crippen LogP contribution in [0.2, 0.25) is 0 Å². The van der Waals surface area contributed by atoms with Gasteiger partial charge in [0, 0.05) is 45.7 Å². The van der Waals surface area contributed by atoms with Gasteiger partial charge in [-0.1, -0.05) is 102 Å². The maximum atomic E-state index is 12.7. The summed E-state index contributed by atoms with van der Waals surface area (Å²) in [6.07, 6.45) is 13.9. The van der Waals surface area contributed by atoms with E-state index in [1.807, 2.05) is 0 Å². The van der Waals surface area contributed by atoms with Gasteiger partial charge in [-0.15, -0.1) is 0 Å². The van der Waals surface area contributed by atoms with Crippen LogP contribution in [0.1, 0.15) is 149 Å². The van der Waals surface area contributed by atoms with Crippen LogP contribution in [0.25, 0.3) is 0 Å². The second kappa shape index (κ2) is 37.1. The van der Waals surface area contributed by atoms with E-state index in [0.29, 0.717) is 32.8 Å². The molecule has 1 saturated heterocycles. The van der Waals surface area contributed by atoms with Crippen LogP contribution in [-0.2, 0) is 38.1 Å². The van der Waals surface area contributed by atoms with Crippen molar-refractivity contribution in [2.75, 3.05) is 59.3 Å². The van der Waals surface area contributed by atoms with Gasteiger partial charge in [0.05, 0.1) is 64.8 Å². The van der Waals surface area contributed by atoms with Gasteiger partial charge in [0.2, 0.25) is 17.7 Å². The van der Waals surface area contributed by atoms with Gasteiger partial charge in [-0.3, -0.25) is 14.4 Å². The molecule has 3 amide bonds. The maximum absolute atomic E-state index is 12.7. The molecule has 8 N–H and O–H groups in total. The standard InChI is InChI=1S/C46H79N3O13/c1-3-4-5-6-7-8-9-10-11-12-13-14-15-16-17-18-19-20-21-22-23-24-25-40(54)47-26-28-59-30-32-61-33-31-60-29-27-48-41(55)35-46(45(57)58)34-38(52)42(49-37(2)51)44(62-46)43(56)39(53)36-50/h38-39,42-44,50,52-53,56H,3-13,18-36H2,1-2H3,(H,47,54)(H,48,55)(H,49,51)(H,57,58)/t38-,39-,42+,43-,44+,46-/m0/s1. The zero-order valence-corrected chi connectivity index (χ0v) is 37.6. The van der Waals surface area contributed by atoms with E-state index in [9.17, 15) is 44.7 Å². The van der Waals surface area contributed by atoms with Gasteiger partial charge in [0.25, 0.3) is 0 Å². The second-order valence-corrected chi connectivity index (χ2v) is 16.0. The summed E-state index contributed by atoms with van der Waals surface area (Å²) in [7, 11) is 0. The predicted molar refractivity (Wildman–Crippen MR) is 235 cm³/mol. The summed E-state index contributed by atoms with van der Waals surface area (Å²) in [5.74, 6) is 9.41. The molecule has 356 valence electrons. The molecule has 0 bridgehead atoms. The number of ether oxygens (including phenoxy) is 4. The number of aliphatic hydroxyl groups is 4. The summed E-state index contributed by atoms with van der Waals surface area (Å²) in [5.41, 5.74) is -2.29. The first-order valence-corrected chi connectivity index (χ1v) is 23.0. The molecule has 0 spiro atoms. The Kier molecular flexibility index (Phi) is 33.9. The quantitative estimate of drug-likeness (QED) is 0.0331. The van der Waals surface area contributed by atoms with E-state index in [4.69, 9.17) is 18.9 Å². The molecule has 62 heavy (non-hydrogen) atoms. The number of aliphatic carboxylic acids is 1. The van der Waals surface area contributed by atoms with E-state index < -0.39 is 73.3 Å². The van der Waals surface area contributed by atoms with Crippen LogP contribution in [0.4, 0.5) is 0 Å². The predicted octanol–water partition coefficient (Wildman–Crippen LogP) is 3.29. The molecule has 0 aromatic heterocycles. The van der Waals surface area contributed by atoms with Gasteiger partial charge in [-0.05, 0) is 31.1 Å². The van der Waals surface area contributed by atoms with Crippen LogP contribution < -0.4 is 16.0 Å². The Morgan fingerprint density at radius 2 is 1.18 bits per heavy atom. The first kappa shape index (κ1) is 56.7. The Bertz CT molecular complexity index is 1350. The first-order valence-electron chi connectivity index (χ1n) is 23.0. The topological polar surface area (TPSA) is 242 Å². The number of unbranched alkanes of at least 4 members (excludes halogenated alkanes) is 16. The fourth-order valence-electron chi connectivity index (χ4n) is 7.01. The smallest absolute Gasteiger partial charge is 0.336 e. The average Bonchev–Trinajstić information content (AvgIpc) is 3.24. The van der Waals surface area contributed by atoms with Gasteiger partial charge in [0.1, 0.15) is 18.3 Å². The summed E-state index contributed by atoms with van der Waals surface area (Å²) in [5, 5.41) is 58.1. The van der Waals surface area contributed by atoms with Crippen molar-refractivity contribution in [2.45, 2.75) is 185 Å². The average molecular weight is 882 g/mol. The molecule has 16 nitrogen and oxygen atoms in total. The number of rotatable bonds is 37. The number of hydrogen-bond acceptors (Lipinski definition) is 12. The van der Waals surface area contributed by atoms with Gasteiger partial charge in [-0.25, -0.2) is 4.79 Å². The lowest BCUT2D eigenvalue weighted by Gasteiger charge is -2.46. The minimum absolute atomic E-state index is 0.0190. The first-order chi connectivity index (χ1) is 30.0. The highest BCUT2D eigenvalue weighted by molar-refractivity contribution is 5.87. The number of carbonyl (C=O) groups excluding carboxylic acids is 3. The van der Waals surface area contributed by atoms with E-state index >= 15 is 0 Å². The SMILES string of the molecule is CCCCCCCCCCCCC#CC#CCCCCCCCCC(=O)NCCOCCOCCOCCNC(=O)C[C@]1(C(=O)O)C[C@H](O)[C@@H](NC(C)=O)[C@H]([C@@H](O)[C@@H](O)CO)O1. The third kappa shape index (κ3) is 27.7. The van der Waals surface area contributed by atoms with Crippen molar-refractivity contribution in [3.63, 3.8) is 0 Å². The van der Waals surface area contributed by atoms with E-state index in [2.05, 4.69) is 46.6 Å². The summed E-state index contributed by atoms with van der Waals surface area (Å²) in [6, 6.07) is -1.31. The van der Waals surface area contributed by atoms with Crippen LogP contribution in [0.15, 0.2) is 0 Å². The highest BCUT2D eigenvalue weighted by Gasteiger charge is 2.55. The van der Waals surface area contributed by atoms with Crippen LogP contribution in [0, 0.1) is 23.7 Å². The van der Waals surface area contributed by atoms with Gasteiger partial charge in [0.15, 0.2) is 5.60 Å². The number of carboxylic acid groups (broad SMARTS) is 1. The van der Waals surface area contributed by atoms with Crippen molar-refractivity contribution in [3.05, 3.63) is 0 Å². The van der Waals surface area contributed by atoms with Gasteiger partial charge >= 0.3 is 5.97 Å². The molecule has 1 aliphatic heterocycles. The molecular weight excluding hydrogens is 803 g/mol. The zero-order chi connectivity index (χ0) is 45.7. The number of amides is 3. The molecule has 6 atom stereocenters. The highest BCUT2D eigenvalue weighted by atomic mass is 16.6. The minimum atomic E-state index is -2.29. The normalized spacial score (nSPS) is 19.3. The number of nitrogens with one attached hydrogen (secondary N) is 3. The van der Waals surface area contributed by atoms with E-state index in [1.165, 1.54) is 64.2 Å². The zero-order valence-electron chi connectivity index (χ0n) is 37.6. The number of aliphatic hydroxyl groups excluding tert-OH is 4. The number of carbonyl (C=O) groups is 4. The van der Waals surface area contributed by atoms with Crippen molar-refractivity contribution < 1.29 is 63.7 Å². The van der Waals surface area contributed by atoms with E-state index in [1.54, 1.807) is 0 Å². The number of carboxylic acids is 1. The molecule has 0 aromatic carbocycles. The molecule has 0 aromatic rings. The third-order valence-corrected chi connectivity index (χ3v) is 10.5. The van der Waals surface area contributed by atoms with Crippen LogP contribution >= 0.6 is 0 Å². The Balaban J connectivity index is 2.01. The molecule has 0 unspecified atom stereocenters. The number of hydrogen-bond donors (Lipinski definition) is 8. The largest absolute Gasteiger partial charge is 0.479 e. The molecular formula is C46H79N3O13. The Labute approximate surface area is 370 Å². The maximum Gasteiger partial charge on any atom is 0.336 e. The van der Waals surface area contributed by atoms with Gasteiger partial charge < -0.3 is 60.4 Å². The van der Waals surface area contributed by atoms with Crippen molar-refractivity contribution >= 4 is 23.7 Å². The van der Waals surface area contributed by atoms with Crippen molar-refractivity contribution in [1.82, 2.24) is 16.0 Å². The molecule has 0 aliphatic carbocycles. The Morgan fingerprint density at radius 1 is 0.710 bits per heavy atom. The molecule has 1 aliphatic rings. The lowest BCUT2D eigenvalue weighted by atomic mass is 9.81. The lowest BCUT2D eigenvalue weighted by Crippen LogP contribution is -2.67. The second-order valence-electron chi connectivity index (χ2n) is 16.0. The van der Waals surface area contributed by atoms with Crippen LogP contribution in [0.5, 0.6) is 0 Å². The van der Waals surface area contributed by atoms with Crippen molar-refractivity contribution in [3.8, 4) is 23.7 Å². The third-order valence-electron chi connectivity index (χ3n) is 10.5. The summed E-state index contributed by atoms with van der Waals surface area (Å²) < 4.78 is 22.0. The van der Waals surface area contributed by atoms with Crippen molar-refractivity contribution in [2.24, 2.45) is 0 Å². The fraction of sp³-hybridized carbons (Fsp3) is 0.826. The van der Waals surface area contributed by atoms with E-state index in [-0.39, 0.29) is 32.3 Å². The summed E-state index contributed by atoms with van der Waals surface area (Å²) in [4.78, 5) is 48.7. The Hall–Kier alpha value is -3.32. The van der Waals surface area contributed by atoms with E-state index in [0.717, 1.165) is 58.3 Å². The fourth-order valence-corrected chi connectivity index (χ4v) is 7.01. The molecule has 0 saturated carbocycles. The minimum Gasteiger partial charge on any atom is -0.479 e.